The average Bonchev–Trinajstić information content (AvgIpc) is 2.50. The first-order chi connectivity index (χ1) is 10.1. The molecule has 2 atom stereocenters. The van der Waals surface area contributed by atoms with Gasteiger partial charge in [-0.25, -0.2) is 0 Å². The van der Waals surface area contributed by atoms with E-state index in [0.717, 1.165) is 11.3 Å². The van der Waals surface area contributed by atoms with Crippen molar-refractivity contribution in [3.63, 3.8) is 0 Å². The van der Waals surface area contributed by atoms with E-state index in [1.54, 1.807) is 24.3 Å². The summed E-state index contributed by atoms with van der Waals surface area (Å²) in [5, 5.41) is 6.80. The van der Waals surface area contributed by atoms with E-state index >= 15 is 0 Å². The van der Waals surface area contributed by atoms with Gasteiger partial charge < -0.3 is 5.32 Å². The molecule has 0 unspecified atom stereocenters. The Morgan fingerprint density at radius 3 is 2.24 bits per heavy atom. The predicted molar refractivity (Wildman–Crippen MR) is 87.5 cm³/mol. The van der Waals surface area contributed by atoms with Crippen LogP contribution >= 0.6 is 11.6 Å². The lowest BCUT2D eigenvalue weighted by Crippen LogP contribution is -2.39. The Hall–Kier alpha value is -1.84. The zero-order valence-corrected chi connectivity index (χ0v) is 12.9. The fraction of sp³-hybridized carbons (Fsp3) is 0.235. The molecule has 0 saturated carbocycles. The summed E-state index contributed by atoms with van der Waals surface area (Å²) in [4.78, 5) is 12.2. The van der Waals surface area contributed by atoms with Gasteiger partial charge in [0.1, 0.15) is 0 Å². The molecule has 0 saturated heterocycles. The van der Waals surface area contributed by atoms with E-state index in [1.165, 1.54) is 0 Å². The SMILES string of the molecule is C[C@@H](N[C@H](C)c1ccccc1)C(=O)Nc1ccc(Cl)cc1. The Labute approximate surface area is 130 Å². The topological polar surface area (TPSA) is 41.1 Å². The number of carbonyl (C=O) groups excluding carboxylic acids is 1. The summed E-state index contributed by atoms with van der Waals surface area (Å²) in [6, 6.07) is 16.9. The van der Waals surface area contributed by atoms with Crippen LogP contribution in [0, 0.1) is 0 Å². The first kappa shape index (κ1) is 15.5. The van der Waals surface area contributed by atoms with E-state index in [1.807, 2.05) is 44.2 Å². The fourth-order valence-corrected chi connectivity index (χ4v) is 2.20. The molecule has 2 aromatic carbocycles. The third kappa shape index (κ3) is 4.59. The first-order valence-electron chi connectivity index (χ1n) is 6.93. The second-order valence-corrected chi connectivity index (χ2v) is 5.45. The molecule has 0 aliphatic carbocycles. The molecule has 0 spiro atoms. The van der Waals surface area contributed by atoms with Gasteiger partial charge in [0.2, 0.25) is 5.91 Å². The molecule has 110 valence electrons. The lowest BCUT2D eigenvalue weighted by molar-refractivity contribution is -0.117. The molecule has 0 heterocycles. The molecule has 0 bridgehead atoms. The average molecular weight is 303 g/mol. The largest absolute Gasteiger partial charge is 0.325 e. The quantitative estimate of drug-likeness (QED) is 0.876. The Kier molecular flexibility index (Phi) is 5.37. The molecule has 0 aromatic heterocycles. The first-order valence-corrected chi connectivity index (χ1v) is 7.31. The molecular weight excluding hydrogens is 284 g/mol. The highest BCUT2D eigenvalue weighted by atomic mass is 35.5. The Bertz CT molecular complexity index is 583. The van der Waals surface area contributed by atoms with Gasteiger partial charge in [0.25, 0.3) is 0 Å². The van der Waals surface area contributed by atoms with Crippen molar-refractivity contribution >= 4 is 23.2 Å². The van der Waals surface area contributed by atoms with Crippen LogP contribution in [-0.2, 0) is 4.79 Å². The van der Waals surface area contributed by atoms with Crippen molar-refractivity contribution in [1.82, 2.24) is 5.32 Å². The molecular formula is C17H19ClN2O. The molecule has 21 heavy (non-hydrogen) atoms. The van der Waals surface area contributed by atoms with E-state index < -0.39 is 0 Å². The van der Waals surface area contributed by atoms with E-state index in [4.69, 9.17) is 11.6 Å². The zero-order valence-electron chi connectivity index (χ0n) is 12.1. The fourth-order valence-electron chi connectivity index (χ4n) is 2.07. The number of benzene rings is 2. The summed E-state index contributed by atoms with van der Waals surface area (Å²) < 4.78 is 0. The molecule has 0 aliphatic rings. The number of amides is 1. The molecule has 4 heteroatoms. The highest BCUT2D eigenvalue weighted by Crippen LogP contribution is 2.15. The molecule has 0 radical (unpaired) electrons. The number of halogens is 1. The molecule has 0 aliphatic heterocycles. The summed E-state index contributed by atoms with van der Waals surface area (Å²) in [5.74, 6) is -0.0693. The summed E-state index contributed by atoms with van der Waals surface area (Å²) >= 11 is 5.82. The van der Waals surface area contributed by atoms with Gasteiger partial charge in [-0.05, 0) is 43.7 Å². The van der Waals surface area contributed by atoms with Gasteiger partial charge in [0.05, 0.1) is 6.04 Å². The van der Waals surface area contributed by atoms with Crippen LogP contribution < -0.4 is 10.6 Å². The van der Waals surface area contributed by atoms with E-state index in [0.29, 0.717) is 5.02 Å². The maximum absolute atomic E-state index is 12.2. The van der Waals surface area contributed by atoms with Crippen molar-refractivity contribution < 1.29 is 4.79 Å². The number of nitrogens with one attached hydrogen (secondary N) is 2. The summed E-state index contributed by atoms with van der Waals surface area (Å²) in [6.45, 7) is 3.89. The van der Waals surface area contributed by atoms with Crippen molar-refractivity contribution in [2.24, 2.45) is 0 Å². The van der Waals surface area contributed by atoms with E-state index in [9.17, 15) is 4.79 Å². The van der Waals surface area contributed by atoms with Crippen molar-refractivity contribution in [3.05, 3.63) is 65.2 Å². The second-order valence-electron chi connectivity index (χ2n) is 5.02. The van der Waals surface area contributed by atoms with Crippen LogP contribution in [-0.4, -0.2) is 11.9 Å². The van der Waals surface area contributed by atoms with Crippen LogP contribution in [0.2, 0.25) is 5.02 Å². The number of hydrogen-bond donors (Lipinski definition) is 2. The minimum absolute atomic E-state index is 0.0693. The van der Waals surface area contributed by atoms with Crippen LogP contribution in [0.3, 0.4) is 0 Å². The molecule has 2 N–H and O–H groups in total. The van der Waals surface area contributed by atoms with Crippen molar-refractivity contribution in [1.29, 1.82) is 0 Å². The van der Waals surface area contributed by atoms with E-state index in [2.05, 4.69) is 10.6 Å². The maximum atomic E-state index is 12.2. The minimum Gasteiger partial charge on any atom is -0.325 e. The summed E-state index contributed by atoms with van der Waals surface area (Å²) in [5.41, 5.74) is 1.90. The Morgan fingerprint density at radius 1 is 1.00 bits per heavy atom. The van der Waals surface area contributed by atoms with Crippen molar-refractivity contribution in [3.8, 4) is 0 Å². The highest BCUT2D eigenvalue weighted by molar-refractivity contribution is 6.30. The van der Waals surface area contributed by atoms with Gasteiger partial charge in [-0.3, -0.25) is 10.1 Å². The summed E-state index contributed by atoms with van der Waals surface area (Å²) in [6.07, 6.45) is 0. The zero-order chi connectivity index (χ0) is 15.2. The molecule has 0 fully saturated rings. The van der Waals surface area contributed by atoms with Crippen LogP contribution in [0.15, 0.2) is 54.6 Å². The third-order valence-electron chi connectivity index (χ3n) is 3.30. The highest BCUT2D eigenvalue weighted by Gasteiger charge is 2.16. The predicted octanol–water partition coefficient (Wildman–Crippen LogP) is 4.02. The third-order valence-corrected chi connectivity index (χ3v) is 3.56. The number of rotatable bonds is 5. The monoisotopic (exact) mass is 302 g/mol. The second kappa shape index (κ2) is 7.25. The Balaban J connectivity index is 1.92. The number of anilines is 1. The number of carbonyl (C=O) groups is 1. The van der Waals surface area contributed by atoms with Gasteiger partial charge in [0, 0.05) is 16.8 Å². The van der Waals surface area contributed by atoms with Gasteiger partial charge >= 0.3 is 0 Å². The van der Waals surface area contributed by atoms with Gasteiger partial charge in [-0.15, -0.1) is 0 Å². The Morgan fingerprint density at radius 2 is 1.62 bits per heavy atom. The minimum atomic E-state index is -0.295. The molecule has 2 aromatic rings. The van der Waals surface area contributed by atoms with Crippen LogP contribution in [0.4, 0.5) is 5.69 Å². The smallest absolute Gasteiger partial charge is 0.241 e. The standard InChI is InChI=1S/C17H19ClN2O/c1-12(14-6-4-3-5-7-14)19-13(2)17(21)20-16-10-8-15(18)9-11-16/h3-13,19H,1-2H3,(H,20,21)/t12-,13-/m1/s1. The molecule has 3 nitrogen and oxygen atoms in total. The van der Waals surface area contributed by atoms with Gasteiger partial charge in [0.15, 0.2) is 0 Å². The lowest BCUT2D eigenvalue weighted by atomic mass is 10.1. The van der Waals surface area contributed by atoms with Crippen LogP contribution in [0.1, 0.15) is 25.5 Å². The lowest BCUT2D eigenvalue weighted by Gasteiger charge is -2.20. The van der Waals surface area contributed by atoms with Crippen molar-refractivity contribution in [2.75, 3.05) is 5.32 Å². The van der Waals surface area contributed by atoms with Crippen molar-refractivity contribution in [2.45, 2.75) is 25.9 Å². The number of hydrogen-bond acceptors (Lipinski definition) is 2. The van der Waals surface area contributed by atoms with E-state index in [-0.39, 0.29) is 18.0 Å². The maximum Gasteiger partial charge on any atom is 0.241 e. The normalized spacial score (nSPS) is 13.5. The molecule has 2 rings (SSSR count). The summed E-state index contributed by atoms with van der Waals surface area (Å²) in [7, 11) is 0. The molecule has 1 amide bonds. The van der Waals surface area contributed by atoms with Crippen LogP contribution in [0.5, 0.6) is 0 Å². The van der Waals surface area contributed by atoms with Gasteiger partial charge in [-0.2, -0.15) is 0 Å². The van der Waals surface area contributed by atoms with Gasteiger partial charge in [-0.1, -0.05) is 41.9 Å². The van der Waals surface area contributed by atoms with Crippen LogP contribution in [0.25, 0.3) is 0 Å².